The van der Waals surface area contributed by atoms with Crippen molar-refractivity contribution in [3.05, 3.63) is 33.5 Å². The van der Waals surface area contributed by atoms with Gasteiger partial charge in [-0.25, -0.2) is 4.39 Å². The van der Waals surface area contributed by atoms with Gasteiger partial charge in [0.2, 0.25) is 0 Å². The Morgan fingerprint density at radius 2 is 2.07 bits per heavy atom. The molecule has 0 aliphatic carbocycles. The maximum atomic E-state index is 13.7. The predicted octanol–water partition coefficient (Wildman–Crippen LogP) is 3.47. The van der Waals surface area contributed by atoms with Gasteiger partial charge in [0.1, 0.15) is 5.82 Å². The highest BCUT2D eigenvalue weighted by Gasteiger charge is 2.10. The lowest BCUT2D eigenvalue weighted by atomic mass is 9.99. The van der Waals surface area contributed by atoms with E-state index in [0.29, 0.717) is 10.4 Å². The van der Waals surface area contributed by atoms with E-state index in [1.807, 2.05) is 19.2 Å². The summed E-state index contributed by atoms with van der Waals surface area (Å²) < 4.78 is 14.3. The van der Waals surface area contributed by atoms with Gasteiger partial charge in [0.25, 0.3) is 0 Å². The molecule has 0 spiro atoms. The largest absolute Gasteiger partial charge is 0.319 e. The van der Waals surface area contributed by atoms with Gasteiger partial charge >= 0.3 is 0 Å². The second kappa shape index (κ2) is 5.61. The molecule has 1 N–H and O–H groups in total. The van der Waals surface area contributed by atoms with Crippen molar-refractivity contribution < 1.29 is 4.39 Å². The number of likely N-dealkylation sites (N-methyl/N-ethyl adjacent to an activating group) is 1. The van der Waals surface area contributed by atoms with E-state index in [0.717, 1.165) is 18.5 Å². The van der Waals surface area contributed by atoms with Crippen LogP contribution >= 0.6 is 15.9 Å². The fourth-order valence-corrected chi connectivity index (χ4v) is 1.96. The Morgan fingerprint density at radius 1 is 1.40 bits per heavy atom. The van der Waals surface area contributed by atoms with Crippen molar-refractivity contribution in [3.63, 3.8) is 0 Å². The predicted molar refractivity (Wildman–Crippen MR) is 65.8 cm³/mol. The van der Waals surface area contributed by atoms with E-state index in [1.54, 1.807) is 0 Å². The van der Waals surface area contributed by atoms with Gasteiger partial charge < -0.3 is 5.32 Å². The van der Waals surface area contributed by atoms with E-state index < -0.39 is 0 Å². The van der Waals surface area contributed by atoms with Gasteiger partial charge in [0.05, 0.1) is 4.47 Å². The molecule has 0 bridgehead atoms. The second-order valence-corrected chi connectivity index (χ2v) is 4.84. The average Bonchev–Trinajstić information content (AvgIpc) is 2.19. The molecule has 0 aliphatic heterocycles. The molecule has 3 heteroatoms. The van der Waals surface area contributed by atoms with Gasteiger partial charge in [-0.3, -0.25) is 0 Å². The summed E-state index contributed by atoms with van der Waals surface area (Å²) in [6, 6.07) is 3.82. The molecule has 0 unspecified atom stereocenters. The first-order chi connectivity index (χ1) is 7.06. The lowest BCUT2D eigenvalue weighted by Crippen LogP contribution is -2.11. The van der Waals surface area contributed by atoms with Crippen molar-refractivity contribution in [2.75, 3.05) is 13.6 Å². The molecule has 0 aliphatic rings. The number of hydrogen-bond acceptors (Lipinski definition) is 1. The van der Waals surface area contributed by atoms with E-state index in [4.69, 9.17) is 0 Å². The van der Waals surface area contributed by atoms with Crippen LogP contribution in [0, 0.1) is 5.82 Å². The van der Waals surface area contributed by atoms with Crippen LogP contribution in [-0.4, -0.2) is 13.6 Å². The molecule has 0 radical (unpaired) electrons. The van der Waals surface area contributed by atoms with Crippen LogP contribution in [-0.2, 0) is 6.42 Å². The number of hydrogen-bond donors (Lipinski definition) is 1. The van der Waals surface area contributed by atoms with Gasteiger partial charge in [0.15, 0.2) is 0 Å². The molecule has 1 aromatic rings. The zero-order chi connectivity index (χ0) is 11.4. The van der Waals surface area contributed by atoms with Crippen LogP contribution in [0.1, 0.15) is 30.9 Å². The first-order valence-electron chi connectivity index (χ1n) is 5.18. The van der Waals surface area contributed by atoms with Crippen LogP contribution in [0.25, 0.3) is 0 Å². The molecule has 0 heterocycles. The van der Waals surface area contributed by atoms with Crippen molar-refractivity contribution in [1.82, 2.24) is 5.32 Å². The Bertz CT molecular complexity index is 337. The van der Waals surface area contributed by atoms with Crippen molar-refractivity contribution in [3.8, 4) is 0 Å². The molecular formula is C12H17BrFN. The molecule has 1 nitrogen and oxygen atoms in total. The van der Waals surface area contributed by atoms with Gasteiger partial charge in [-0.15, -0.1) is 0 Å². The fraction of sp³-hybridized carbons (Fsp3) is 0.500. The van der Waals surface area contributed by atoms with Crippen molar-refractivity contribution in [2.45, 2.75) is 26.2 Å². The summed E-state index contributed by atoms with van der Waals surface area (Å²) in [5.41, 5.74) is 1.96. The molecule has 1 aromatic carbocycles. The first kappa shape index (κ1) is 12.7. The summed E-state index contributed by atoms with van der Waals surface area (Å²) in [6.45, 7) is 5.02. The molecular weight excluding hydrogens is 257 g/mol. The van der Waals surface area contributed by atoms with Crippen LogP contribution in [0.2, 0.25) is 0 Å². The summed E-state index contributed by atoms with van der Waals surface area (Å²) in [5, 5.41) is 3.03. The first-order valence-corrected chi connectivity index (χ1v) is 5.98. The Hall–Kier alpha value is -0.410. The van der Waals surface area contributed by atoms with Gasteiger partial charge in [-0.2, -0.15) is 0 Å². The van der Waals surface area contributed by atoms with Crippen LogP contribution in [0.15, 0.2) is 16.6 Å². The lowest BCUT2D eigenvalue weighted by Gasteiger charge is -2.11. The molecule has 0 saturated carbocycles. The maximum absolute atomic E-state index is 13.7. The zero-order valence-electron chi connectivity index (χ0n) is 9.40. The third kappa shape index (κ3) is 3.28. The van der Waals surface area contributed by atoms with Crippen molar-refractivity contribution in [2.24, 2.45) is 0 Å². The van der Waals surface area contributed by atoms with Gasteiger partial charge in [0, 0.05) is 0 Å². The molecule has 0 atom stereocenters. The van der Waals surface area contributed by atoms with Crippen LogP contribution in [0.5, 0.6) is 0 Å². The second-order valence-electron chi connectivity index (χ2n) is 3.98. The van der Waals surface area contributed by atoms with E-state index in [-0.39, 0.29) is 5.82 Å². The number of halogens is 2. The van der Waals surface area contributed by atoms with E-state index in [2.05, 4.69) is 35.1 Å². The number of nitrogens with one attached hydrogen (secondary N) is 1. The summed E-state index contributed by atoms with van der Waals surface area (Å²) in [4.78, 5) is 0. The SMILES string of the molecule is CNCCc1cc(C(C)C)cc(Br)c1F. The van der Waals surface area contributed by atoms with Crippen molar-refractivity contribution in [1.29, 1.82) is 0 Å². The van der Waals surface area contributed by atoms with Gasteiger partial charge in [-0.1, -0.05) is 19.9 Å². The minimum Gasteiger partial charge on any atom is -0.319 e. The highest BCUT2D eigenvalue weighted by Crippen LogP contribution is 2.25. The summed E-state index contributed by atoms with van der Waals surface area (Å²) >= 11 is 3.26. The molecule has 0 amide bonds. The minimum atomic E-state index is -0.130. The third-order valence-electron chi connectivity index (χ3n) is 2.44. The number of rotatable bonds is 4. The van der Waals surface area contributed by atoms with E-state index in [9.17, 15) is 4.39 Å². The van der Waals surface area contributed by atoms with Crippen LogP contribution in [0.4, 0.5) is 4.39 Å². The van der Waals surface area contributed by atoms with E-state index in [1.165, 1.54) is 5.56 Å². The Balaban J connectivity index is 3.02. The standard InChI is InChI=1S/C12H17BrFN/c1-8(2)10-6-9(4-5-15-3)12(14)11(13)7-10/h6-8,15H,4-5H2,1-3H3. The van der Waals surface area contributed by atoms with Crippen molar-refractivity contribution >= 4 is 15.9 Å². The summed E-state index contributed by atoms with van der Waals surface area (Å²) in [7, 11) is 1.87. The monoisotopic (exact) mass is 273 g/mol. The Kier molecular flexibility index (Phi) is 4.74. The third-order valence-corrected chi connectivity index (χ3v) is 3.01. The maximum Gasteiger partial charge on any atom is 0.140 e. The lowest BCUT2D eigenvalue weighted by molar-refractivity contribution is 0.596. The minimum absolute atomic E-state index is 0.130. The van der Waals surface area contributed by atoms with Gasteiger partial charge in [-0.05, 0) is 59.1 Å². The Morgan fingerprint density at radius 3 is 2.60 bits per heavy atom. The van der Waals surface area contributed by atoms with Crippen LogP contribution < -0.4 is 5.32 Å². The smallest absolute Gasteiger partial charge is 0.140 e. The van der Waals surface area contributed by atoms with E-state index >= 15 is 0 Å². The topological polar surface area (TPSA) is 12.0 Å². The molecule has 15 heavy (non-hydrogen) atoms. The Labute approximate surface area is 99.2 Å². The molecule has 0 fully saturated rings. The average molecular weight is 274 g/mol. The fourth-order valence-electron chi connectivity index (χ4n) is 1.44. The normalized spacial score (nSPS) is 11.1. The van der Waals surface area contributed by atoms with Crippen LogP contribution in [0.3, 0.4) is 0 Å². The molecule has 84 valence electrons. The molecule has 0 aromatic heterocycles. The highest BCUT2D eigenvalue weighted by atomic mass is 79.9. The highest BCUT2D eigenvalue weighted by molar-refractivity contribution is 9.10. The quantitative estimate of drug-likeness (QED) is 0.886. The molecule has 1 rings (SSSR count). The molecule has 0 saturated heterocycles. The number of benzene rings is 1. The summed E-state index contributed by atoms with van der Waals surface area (Å²) in [6.07, 6.45) is 0.724. The zero-order valence-corrected chi connectivity index (χ0v) is 11.0. The summed E-state index contributed by atoms with van der Waals surface area (Å²) in [5.74, 6) is 0.296.